The predicted molar refractivity (Wildman–Crippen MR) is 67.0 cm³/mol. The van der Waals surface area contributed by atoms with Gasteiger partial charge in [-0.25, -0.2) is 9.18 Å². The Morgan fingerprint density at radius 2 is 2.22 bits per heavy atom. The molecule has 2 rings (SSSR count). The molecule has 3 nitrogen and oxygen atoms in total. The van der Waals surface area contributed by atoms with Crippen molar-refractivity contribution in [1.29, 1.82) is 0 Å². The molecule has 0 saturated carbocycles. The van der Waals surface area contributed by atoms with Crippen LogP contribution >= 0.6 is 22.9 Å². The molecule has 6 heteroatoms. The summed E-state index contributed by atoms with van der Waals surface area (Å²) in [4.78, 5) is 10.8. The lowest BCUT2D eigenvalue weighted by atomic mass is 10.2. The minimum absolute atomic E-state index is 0.0266. The third-order valence-electron chi connectivity index (χ3n) is 2.20. The molecule has 0 aliphatic heterocycles. The van der Waals surface area contributed by atoms with E-state index < -0.39 is 11.8 Å². The van der Waals surface area contributed by atoms with Crippen molar-refractivity contribution >= 4 is 28.9 Å². The number of carboxylic acids is 1. The molecule has 0 radical (unpaired) electrons. The van der Waals surface area contributed by atoms with Crippen molar-refractivity contribution in [3.05, 3.63) is 50.9 Å². The molecule has 1 N–H and O–H groups in total. The molecule has 0 atom stereocenters. The first kappa shape index (κ1) is 12.9. The van der Waals surface area contributed by atoms with Crippen molar-refractivity contribution in [3.8, 4) is 5.75 Å². The highest BCUT2D eigenvalue weighted by Gasteiger charge is 2.09. The molecular formula is C12H8ClFO3S. The number of thiophene rings is 1. The summed E-state index contributed by atoms with van der Waals surface area (Å²) in [6.07, 6.45) is 0. The minimum Gasteiger partial charge on any atom is -0.488 e. The molecule has 2 aromatic rings. The second kappa shape index (κ2) is 5.37. The summed E-state index contributed by atoms with van der Waals surface area (Å²) in [6, 6.07) is 5.71. The Labute approximate surface area is 111 Å². The van der Waals surface area contributed by atoms with Crippen LogP contribution in [0.2, 0.25) is 5.02 Å². The van der Waals surface area contributed by atoms with Crippen LogP contribution in [0.25, 0.3) is 0 Å². The van der Waals surface area contributed by atoms with Crippen LogP contribution in [0.4, 0.5) is 4.39 Å². The number of carbonyl (C=O) groups is 1. The minimum atomic E-state index is -1.01. The maximum absolute atomic E-state index is 13.4. The maximum Gasteiger partial charge on any atom is 0.346 e. The van der Waals surface area contributed by atoms with Gasteiger partial charge < -0.3 is 9.84 Å². The van der Waals surface area contributed by atoms with E-state index >= 15 is 0 Å². The Kier molecular flexibility index (Phi) is 3.84. The van der Waals surface area contributed by atoms with Crippen LogP contribution in [0.1, 0.15) is 15.2 Å². The molecule has 0 saturated heterocycles. The Morgan fingerprint density at radius 3 is 2.83 bits per heavy atom. The van der Waals surface area contributed by atoms with E-state index in [1.807, 2.05) is 0 Å². The highest BCUT2D eigenvalue weighted by molar-refractivity contribution is 7.12. The smallest absolute Gasteiger partial charge is 0.346 e. The second-order valence-electron chi connectivity index (χ2n) is 3.48. The summed E-state index contributed by atoms with van der Waals surface area (Å²) in [5.74, 6) is -1.05. The first-order valence-corrected chi connectivity index (χ1v) is 6.20. The number of aromatic carboxylic acids is 1. The number of hydrogen-bond acceptors (Lipinski definition) is 3. The molecule has 0 fully saturated rings. The number of halogens is 2. The summed E-state index contributed by atoms with van der Waals surface area (Å²) in [6.45, 7) is 0.0266. The highest BCUT2D eigenvalue weighted by atomic mass is 35.5. The zero-order chi connectivity index (χ0) is 13.1. The molecule has 0 aliphatic carbocycles. The highest BCUT2D eigenvalue weighted by Crippen LogP contribution is 2.23. The molecule has 0 bridgehead atoms. The van der Waals surface area contributed by atoms with Crippen LogP contribution in [0.3, 0.4) is 0 Å². The van der Waals surface area contributed by atoms with Crippen LogP contribution in [-0.2, 0) is 6.61 Å². The van der Waals surface area contributed by atoms with Crippen molar-refractivity contribution in [2.24, 2.45) is 0 Å². The fourth-order valence-electron chi connectivity index (χ4n) is 1.31. The third-order valence-corrected chi connectivity index (χ3v) is 3.33. The molecule has 0 aliphatic rings. The Balaban J connectivity index is 2.04. The summed E-state index contributed by atoms with van der Waals surface area (Å²) >= 11 is 6.69. The molecule has 18 heavy (non-hydrogen) atoms. The van der Waals surface area contributed by atoms with Crippen molar-refractivity contribution in [2.75, 3.05) is 0 Å². The van der Waals surface area contributed by atoms with Gasteiger partial charge in [-0.15, -0.1) is 11.3 Å². The summed E-state index contributed by atoms with van der Waals surface area (Å²) in [5.41, 5.74) is 0.363. The third kappa shape index (κ3) is 3.00. The molecule has 1 heterocycles. The van der Waals surface area contributed by atoms with Crippen LogP contribution < -0.4 is 4.74 Å². The fourth-order valence-corrected chi connectivity index (χ4v) is 2.13. The fraction of sp³-hybridized carbons (Fsp3) is 0.0833. The topological polar surface area (TPSA) is 46.5 Å². The molecule has 1 aromatic heterocycles. The number of benzene rings is 1. The van der Waals surface area contributed by atoms with Gasteiger partial charge in [0.15, 0.2) is 0 Å². The first-order chi connectivity index (χ1) is 8.56. The van der Waals surface area contributed by atoms with Gasteiger partial charge in [0.25, 0.3) is 0 Å². The summed E-state index contributed by atoms with van der Waals surface area (Å²) < 4.78 is 18.7. The molecule has 1 aromatic carbocycles. The molecule has 0 unspecified atom stereocenters. The van der Waals surface area contributed by atoms with Crippen molar-refractivity contribution < 1.29 is 19.0 Å². The van der Waals surface area contributed by atoms with Gasteiger partial charge in [-0.05, 0) is 12.1 Å². The first-order valence-electron chi connectivity index (χ1n) is 4.95. The van der Waals surface area contributed by atoms with E-state index in [-0.39, 0.29) is 11.5 Å². The van der Waals surface area contributed by atoms with E-state index in [9.17, 15) is 9.18 Å². The molecule has 0 spiro atoms. The number of ether oxygens (including phenoxy) is 1. The lowest BCUT2D eigenvalue weighted by Gasteiger charge is -2.05. The van der Waals surface area contributed by atoms with Gasteiger partial charge in [0.2, 0.25) is 0 Å². The van der Waals surface area contributed by atoms with Crippen molar-refractivity contribution in [1.82, 2.24) is 0 Å². The normalized spacial score (nSPS) is 10.3. The Morgan fingerprint density at radius 1 is 1.44 bits per heavy atom. The van der Waals surface area contributed by atoms with E-state index in [4.69, 9.17) is 21.4 Å². The van der Waals surface area contributed by atoms with Gasteiger partial charge in [0.05, 0.1) is 0 Å². The van der Waals surface area contributed by atoms with E-state index in [0.29, 0.717) is 16.3 Å². The van der Waals surface area contributed by atoms with Crippen LogP contribution in [0.15, 0.2) is 29.6 Å². The van der Waals surface area contributed by atoms with Gasteiger partial charge in [-0.1, -0.05) is 17.7 Å². The number of rotatable bonds is 4. The summed E-state index contributed by atoms with van der Waals surface area (Å²) in [7, 11) is 0. The summed E-state index contributed by atoms with van der Waals surface area (Å²) in [5, 5.41) is 10.6. The number of carboxylic acid groups (broad SMARTS) is 1. The second-order valence-corrected chi connectivity index (χ2v) is 4.82. The molecule has 0 amide bonds. The standard InChI is InChI=1S/C12H8ClFO3S/c13-8-2-1-7(10(14)3-8)5-17-9-4-11(12(15)16)18-6-9/h1-4,6H,5H2,(H,15,16). The van der Waals surface area contributed by atoms with Crippen LogP contribution in [0.5, 0.6) is 5.75 Å². The van der Waals surface area contributed by atoms with E-state index in [2.05, 4.69) is 0 Å². The lowest BCUT2D eigenvalue weighted by Crippen LogP contribution is -1.98. The molecule has 94 valence electrons. The van der Waals surface area contributed by atoms with Gasteiger partial charge in [-0.2, -0.15) is 0 Å². The lowest BCUT2D eigenvalue weighted by molar-refractivity contribution is 0.0702. The zero-order valence-corrected chi connectivity index (χ0v) is 10.6. The zero-order valence-electron chi connectivity index (χ0n) is 9.02. The average Bonchev–Trinajstić information content (AvgIpc) is 2.76. The van der Waals surface area contributed by atoms with Crippen LogP contribution in [0, 0.1) is 5.82 Å². The van der Waals surface area contributed by atoms with Gasteiger partial charge in [0.1, 0.15) is 23.1 Å². The largest absolute Gasteiger partial charge is 0.488 e. The van der Waals surface area contributed by atoms with Gasteiger partial charge >= 0.3 is 5.97 Å². The van der Waals surface area contributed by atoms with E-state index in [0.717, 1.165) is 11.3 Å². The van der Waals surface area contributed by atoms with Crippen LogP contribution in [-0.4, -0.2) is 11.1 Å². The van der Waals surface area contributed by atoms with E-state index in [1.165, 1.54) is 18.2 Å². The molecular weight excluding hydrogens is 279 g/mol. The maximum atomic E-state index is 13.4. The average molecular weight is 287 g/mol. The van der Waals surface area contributed by atoms with Gasteiger partial charge in [-0.3, -0.25) is 0 Å². The Bertz CT molecular complexity index is 582. The quantitative estimate of drug-likeness (QED) is 0.929. The monoisotopic (exact) mass is 286 g/mol. The van der Waals surface area contributed by atoms with Crippen molar-refractivity contribution in [2.45, 2.75) is 6.61 Å². The van der Waals surface area contributed by atoms with Gasteiger partial charge in [0, 0.05) is 22.0 Å². The Hall–Kier alpha value is -1.59. The van der Waals surface area contributed by atoms with E-state index in [1.54, 1.807) is 11.4 Å². The van der Waals surface area contributed by atoms with Crippen molar-refractivity contribution in [3.63, 3.8) is 0 Å². The SMILES string of the molecule is O=C(O)c1cc(OCc2ccc(Cl)cc2F)cs1. The predicted octanol–water partition coefficient (Wildman–Crippen LogP) is 3.82. The number of hydrogen-bond donors (Lipinski definition) is 1.